The summed E-state index contributed by atoms with van der Waals surface area (Å²) in [6, 6.07) is 9.35. The number of carbonyl (C=O) groups excluding carboxylic acids is 1. The van der Waals surface area contributed by atoms with Crippen LogP contribution in [-0.4, -0.2) is 16.0 Å². The molecule has 0 aliphatic carbocycles. The Balaban J connectivity index is 2.09. The van der Waals surface area contributed by atoms with Crippen LogP contribution in [-0.2, 0) is 0 Å². The predicted octanol–water partition coefficient (Wildman–Crippen LogP) is 1.43. The van der Waals surface area contributed by atoms with Crippen LogP contribution in [0.2, 0.25) is 0 Å². The second-order valence-corrected chi connectivity index (χ2v) is 3.80. The van der Waals surface area contributed by atoms with E-state index in [4.69, 9.17) is 10.4 Å². The number of carbonyl (C=O) groups is 1. The van der Waals surface area contributed by atoms with Crippen LogP contribution in [0.5, 0.6) is 0 Å². The van der Waals surface area contributed by atoms with Gasteiger partial charge in [0.25, 0.3) is 5.91 Å². The van der Waals surface area contributed by atoms with Crippen molar-refractivity contribution in [1.82, 2.24) is 15.6 Å². The van der Waals surface area contributed by atoms with Gasteiger partial charge in [0, 0.05) is 28.7 Å². The third kappa shape index (κ3) is 1.56. The summed E-state index contributed by atoms with van der Waals surface area (Å²) in [5.74, 6) is 5.07. The van der Waals surface area contributed by atoms with E-state index < -0.39 is 5.91 Å². The number of nitrogens with two attached hydrogens (primary N) is 1. The van der Waals surface area contributed by atoms with Crippen molar-refractivity contribution in [2.24, 2.45) is 5.84 Å². The molecule has 6 heteroatoms. The highest BCUT2D eigenvalue weighted by molar-refractivity contribution is 5.96. The monoisotopic (exact) mass is 242 g/mol. The van der Waals surface area contributed by atoms with Gasteiger partial charge in [-0.3, -0.25) is 10.2 Å². The summed E-state index contributed by atoms with van der Waals surface area (Å²) in [5.41, 5.74) is 4.01. The van der Waals surface area contributed by atoms with Crippen LogP contribution >= 0.6 is 0 Å². The first-order chi connectivity index (χ1) is 8.79. The first kappa shape index (κ1) is 10.5. The molecule has 0 bridgehead atoms. The molecule has 1 aromatic carbocycles. The van der Waals surface area contributed by atoms with Crippen molar-refractivity contribution in [3.63, 3.8) is 0 Å². The first-order valence-electron chi connectivity index (χ1n) is 5.34. The Morgan fingerprint density at radius 2 is 2.22 bits per heavy atom. The Labute approximate surface area is 102 Å². The zero-order valence-corrected chi connectivity index (χ0v) is 9.31. The number of fused-ring (bicyclic) bond motifs is 1. The summed E-state index contributed by atoms with van der Waals surface area (Å²) in [6.45, 7) is 0. The van der Waals surface area contributed by atoms with Gasteiger partial charge in [0.15, 0.2) is 11.5 Å². The highest BCUT2D eigenvalue weighted by Gasteiger charge is 2.14. The number of para-hydroxylation sites is 1. The van der Waals surface area contributed by atoms with Gasteiger partial charge >= 0.3 is 0 Å². The van der Waals surface area contributed by atoms with Gasteiger partial charge in [-0.05, 0) is 6.07 Å². The highest BCUT2D eigenvalue weighted by Crippen LogP contribution is 2.28. The summed E-state index contributed by atoms with van der Waals surface area (Å²) in [6.07, 6.45) is 1.81. The van der Waals surface area contributed by atoms with Gasteiger partial charge in [0.2, 0.25) is 0 Å². The maximum Gasteiger partial charge on any atom is 0.287 e. The number of rotatable bonds is 2. The van der Waals surface area contributed by atoms with Crippen LogP contribution in [0.4, 0.5) is 0 Å². The highest BCUT2D eigenvalue weighted by atomic mass is 16.5. The Morgan fingerprint density at radius 3 is 3.06 bits per heavy atom. The zero-order valence-electron chi connectivity index (χ0n) is 9.31. The summed E-state index contributed by atoms with van der Waals surface area (Å²) in [7, 11) is 0. The lowest BCUT2D eigenvalue weighted by molar-refractivity contribution is 0.0944. The maximum absolute atomic E-state index is 11.3. The number of hydrogen-bond donors (Lipinski definition) is 3. The Hall–Kier alpha value is -2.60. The number of nitrogens with one attached hydrogen (secondary N) is 2. The van der Waals surface area contributed by atoms with E-state index in [0.717, 1.165) is 16.5 Å². The minimum Gasteiger partial charge on any atom is -0.360 e. The number of amides is 1. The standard InChI is InChI=1S/C12H10N4O2/c13-15-12(17)10-5-11(18-16-10)8-6-14-9-4-2-1-3-7(8)9/h1-6,14H,13H2,(H,15,17). The van der Waals surface area contributed by atoms with E-state index >= 15 is 0 Å². The van der Waals surface area contributed by atoms with Crippen LogP contribution in [0.15, 0.2) is 41.1 Å². The molecule has 0 saturated carbocycles. The number of H-pyrrole nitrogens is 1. The quantitative estimate of drug-likeness (QED) is 0.359. The summed E-state index contributed by atoms with van der Waals surface area (Å²) in [4.78, 5) is 14.4. The Bertz CT molecular complexity index is 714. The summed E-state index contributed by atoms with van der Waals surface area (Å²) < 4.78 is 5.15. The largest absolute Gasteiger partial charge is 0.360 e. The molecule has 90 valence electrons. The molecule has 2 aromatic heterocycles. The molecule has 0 aliphatic heterocycles. The van der Waals surface area contributed by atoms with Crippen molar-refractivity contribution in [3.8, 4) is 11.3 Å². The van der Waals surface area contributed by atoms with E-state index in [9.17, 15) is 4.79 Å². The van der Waals surface area contributed by atoms with Gasteiger partial charge in [-0.1, -0.05) is 23.4 Å². The number of benzene rings is 1. The normalized spacial score (nSPS) is 10.7. The number of nitrogen functional groups attached to an aromatic ring is 1. The van der Waals surface area contributed by atoms with Crippen molar-refractivity contribution in [1.29, 1.82) is 0 Å². The van der Waals surface area contributed by atoms with Crippen LogP contribution in [0.3, 0.4) is 0 Å². The molecule has 1 amide bonds. The number of hydrazine groups is 1. The molecule has 2 heterocycles. The first-order valence-corrected chi connectivity index (χ1v) is 5.34. The fourth-order valence-corrected chi connectivity index (χ4v) is 1.86. The lowest BCUT2D eigenvalue weighted by Crippen LogP contribution is -2.30. The van der Waals surface area contributed by atoms with Crippen LogP contribution in [0, 0.1) is 0 Å². The van der Waals surface area contributed by atoms with Crippen LogP contribution in [0.1, 0.15) is 10.5 Å². The third-order valence-corrected chi connectivity index (χ3v) is 2.73. The van der Waals surface area contributed by atoms with Crippen LogP contribution < -0.4 is 11.3 Å². The van der Waals surface area contributed by atoms with Crippen molar-refractivity contribution in [3.05, 3.63) is 42.2 Å². The molecular formula is C12H10N4O2. The molecule has 6 nitrogen and oxygen atoms in total. The molecule has 3 aromatic rings. The molecule has 18 heavy (non-hydrogen) atoms. The molecule has 0 fully saturated rings. The predicted molar refractivity (Wildman–Crippen MR) is 65.4 cm³/mol. The second kappa shape index (κ2) is 4.01. The molecule has 3 rings (SSSR count). The number of aromatic amines is 1. The van der Waals surface area contributed by atoms with E-state index in [1.807, 2.05) is 35.9 Å². The fourth-order valence-electron chi connectivity index (χ4n) is 1.86. The molecule has 0 spiro atoms. The van der Waals surface area contributed by atoms with E-state index in [2.05, 4.69) is 10.1 Å². The molecule has 0 saturated heterocycles. The molecule has 0 unspecified atom stereocenters. The van der Waals surface area contributed by atoms with Gasteiger partial charge in [-0.15, -0.1) is 0 Å². The Morgan fingerprint density at radius 1 is 1.39 bits per heavy atom. The molecule has 4 N–H and O–H groups in total. The molecule has 0 atom stereocenters. The zero-order chi connectivity index (χ0) is 12.5. The third-order valence-electron chi connectivity index (χ3n) is 2.73. The SMILES string of the molecule is NNC(=O)c1cc(-c2c[nH]c3ccccc23)on1. The summed E-state index contributed by atoms with van der Waals surface area (Å²) in [5, 5.41) is 4.68. The fraction of sp³-hybridized carbons (Fsp3) is 0. The minimum atomic E-state index is -0.482. The molecular weight excluding hydrogens is 232 g/mol. The second-order valence-electron chi connectivity index (χ2n) is 3.80. The van der Waals surface area contributed by atoms with Crippen molar-refractivity contribution in [2.75, 3.05) is 0 Å². The summed E-state index contributed by atoms with van der Waals surface area (Å²) >= 11 is 0. The Kier molecular flexibility index (Phi) is 2.35. The topological polar surface area (TPSA) is 96.9 Å². The number of nitrogens with zero attached hydrogens (tertiary/aromatic N) is 1. The van der Waals surface area contributed by atoms with E-state index in [1.54, 1.807) is 6.07 Å². The lowest BCUT2D eigenvalue weighted by Gasteiger charge is -1.91. The van der Waals surface area contributed by atoms with E-state index in [1.165, 1.54) is 0 Å². The average Bonchev–Trinajstić information content (AvgIpc) is 3.03. The van der Waals surface area contributed by atoms with Gasteiger partial charge < -0.3 is 9.51 Å². The van der Waals surface area contributed by atoms with E-state index in [0.29, 0.717) is 5.76 Å². The minimum absolute atomic E-state index is 0.151. The van der Waals surface area contributed by atoms with Gasteiger partial charge in [0.05, 0.1) is 0 Å². The van der Waals surface area contributed by atoms with Crippen molar-refractivity contribution < 1.29 is 9.32 Å². The average molecular weight is 242 g/mol. The van der Waals surface area contributed by atoms with Crippen molar-refractivity contribution >= 4 is 16.8 Å². The number of aromatic nitrogens is 2. The van der Waals surface area contributed by atoms with Crippen LogP contribution in [0.25, 0.3) is 22.2 Å². The maximum atomic E-state index is 11.3. The van der Waals surface area contributed by atoms with Gasteiger partial charge in [-0.2, -0.15) is 0 Å². The van der Waals surface area contributed by atoms with Gasteiger partial charge in [0.1, 0.15) is 0 Å². The van der Waals surface area contributed by atoms with E-state index in [-0.39, 0.29) is 5.69 Å². The number of hydrogen-bond acceptors (Lipinski definition) is 4. The molecule has 0 aliphatic rings. The van der Waals surface area contributed by atoms with Gasteiger partial charge in [-0.25, -0.2) is 5.84 Å². The lowest BCUT2D eigenvalue weighted by atomic mass is 10.1. The molecule has 0 radical (unpaired) electrons. The van der Waals surface area contributed by atoms with Crippen molar-refractivity contribution in [2.45, 2.75) is 0 Å². The smallest absolute Gasteiger partial charge is 0.287 e.